The van der Waals surface area contributed by atoms with Gasteiger partial charge in [-0.05, 0) is 22.6 Å². The van der Waals surface area contributed by atoms with Gasteiger partial charge in [0, 0.05) is 24.5 Å². The normalized spacial score (nSPS) is 11.4. The third kappa shape index (κ3) is 3.79. The van der Waals surface area contributed by atoms with Gasteiger partial charge in [-0.1, -0.05) is 63.2 Å². The zero-order valence-electron chi connectivity index (χ0n) is 15.1. The molecule has 3 rings (SSSR count). The summed E-state index contributed by atoms with van der Waals surface area (Å²) in [7, 11) is 1.79. The molecule has 0 aliphatic carbocycles. The first kappa shape index (κ1) is 17.0. The van der Waals surface area contributed by atoms with Crippen LogP contribution >= 0.6 is 0 Å². The molecular formula is C21H23N3O. The SMILES string of the molecule is Cn1cc(C(=O)Nc2ccccc2-c2ccc(C(C)(C)C)cc2)cn1. The van der Waals surface area contributed by atoms with E-state index in [2.05, 4.69) is 55.5 Å². The maximum Gasteiger partial charge on any atom is 0.258 e. The van der Waals surface area contributed by atoms with E-state index in [0.717, 1.165) is 16.8 Å². The fourth-order valence-corrected chi connectivity index (χ4v) is 2.73. The summed E-state index contributed by atoms with van der Waals surface area (Å²) in [5.41, 5.74) is 4.82. The quantitative estimate of drug-likeness (QED) is 0.759. The van der Waals surface area contributed by atoms with Gasteiger partial charge in [-0.15, -0.1) is 0 Å². The molecule has 0 saturated carbocycles. The first-order chi connectivity index (χ1) is 11.8. The van der Waals surface area contributed by atoms with Crippen molar-refractivity contribution in [2.24, 2.45) is 7.05 Å². The Labute approximate surface area is 148 Å². The lowest BCUT2D eigenvalue weighted by atomic mass is 9.86. The number of carbonyl (C=O) groups is 1. The van der Waals surface area contributed by atoms with E-state index in [-0.39, 0.29) is 11.3 Å². The Hall–Kier alpha value is -2.88. The number of aryl methyl sites for hydroxylation is 1. The van der Waals surface area contributed by atoms with E-state index in [1.807, 2.05) is 24.3 Å². The van der Waals surface area contributed by atoms with Crippen LogP contribution in [0, 0.1) is 0 Å². The molecule has 1 amide bonds. The highest BCUT2D eigenvalue weighted by Gasteiger charge is 2.15. The average Bonchev–Trinajstić information content (AvgIpc) is 3.01. The first-order valence-corrected chi connectivity index (χ1v) is 8.34. The average molecular weight is 333 g/mol. The van der Waals surface area contributed by atoms with Gasteiger partial charge in [0.2, 0.25) is 0 Å². The van der Waals surface area contributed by atoms with Crippen molar-refractivity contribution >= 4 is 11.6 Å². The maximum absolute atomic E-state index is 12.4. The molecule has 0 spiro atoms. The van der Waals surface area contributed by atoms with Gasteiger partial charge in [0.25, 0.3) is 5.91 Å². The monoisotopic (exact) mass is 333 g/mol. The minimum absolute atomic E-state index is 0.118. The van der Waals surface area contributed by atoms with Gasteiger partial charge in [0.15, 0.2) is 0 Å². The van der Waals surface area contributed by atoms with Gasteiger partial charge in [0.1, 0.15) is 0 Å². The lowest BCUT2D eigenvalue weighted by Crippen LogP contribution is -2.12. The highest BCUT2D eigenvalue weighted by Crippen LogP contribution is 2.30. The lowest BCUT2D eigenvalue weighted by molar-refractivity contribution is 0.102. The molecule has 0 unspecified atom stereocenters. The van der Waals surface area contributed by atoms with Crippen LogP contribution in [-0.4, -0.2) is 15.7 Å². The third-order valence-corrected chi connectivity index (χ3v) is 4.20. The molecule has 2 aromatic carbocycles. The van der Waals surface area contributed by atoms with Gasteiger partial charge < -0.3 is 5.32 Å². The van der Waals surface area contributed by atoms with Gasteiger partial charge in [-0.2, -0.15) is 5.10 Å². The molecule has 1 aromatic heterocycles. The number of nitrogens with zero attached hydrogens (tertiary/aromatic N) is 2. The lowest BCUT2D eigenvalue weighted by Gasteiger charge is -2.19. The fraction of sp³-hybridized carbons (Fsp3) is 0.238. The number of hydrogen-bond acceptors (Lipinski definition) is 2. The topological polar surface area (TPSA) is 46.9 Å². The van der Waals surface area contributed by atoms with Gasteiger partial charge in [0.05, 0.1) is 11.8 Å². The number of rotatable bonds is 3. The van der Waals surface area contributed by atoms with Gasteiger partial charge in [-0.3, -0.25) is 9.48 Å². The first-order valence-electron chi connectivity index (χ1n) is 8.34. The number of carbonyl (C=O) groups excluding carboxylic acids is 1. The molecule has 1 heterocycles. The Bertz CT molecular complexity index is 886. The van der Waals surface area contributed by atoms with Crippen molar-refractivity contribution < 1.29 is 4.79 Å². The van der Waals surface area contributed by atoms with E-state index in [9.17, 15) is 4.79 Å². The Morgan fingerprint density at radius 1 is 1.04 bits per heavy atom. The molecule has 128 valence electrons. The van der Waals surface area contributed by atoms with E-state index >= 15 is 0 Å². The van der Waals surface area contributed by atoms with E-state index in [1.165, 1.54) is 5.56 Å². The Morgan fingerprint density at radius 3 is 2.32 bits per heavy atom. The number of hydrogen-bond donors (Lipinski definition) is 1. The Kier molecular flexibility index (Phi) is 4.45. The summed E-state index contributed by atoms with van der Waals surface area (Å²) < 4.78 is 1.62. The summed E-state index contributed by atoms with van der Waals surface area (Å²) in [6.07, 6.45) is 3.27. The van der Waals surface area contributed by atoms with Crippen LogP contribution in [0.25, 0.3) is 11.1 Å². The molecule has 0 bridgehead atoms. The maximum atomic E-state index is 12.4. The highest BCUT2D eigenvalue weighted by molar-refractivity contribution is 6.06. The van der Waals surface area contributed by atoms with Crippen LogP contribution < -0.4 is 5.32 Å². The van der Waals surface area contributed by atoms with Crippen LogP contribution in [0.2, 0.25) is 0 Å². The van der Waals surface area contributed by atoms with Crippen LogP contribution in [0.15, 0.2) is 60.9 Å². The van der Waals surface area contributed by atoms with Crippen molar-refractivity contribution in [2.45, 2.75) is 26.2 Å². The highest BCUT2D eigenvalue weighted by atomic mass is 16.1. The second-order valence-corrected chi connectivity index (χ2v) is 7.23. The van der Waals surface area contributed by atoms with E-state index in [1.54, 1.807) is 24.1 Å². The number of nitrogens with one attached hydrogen (secondary N) is 1. The minimum Gasteiger partial charge on any atom is -0.321 e. The number of benzene rings is 2. The Balaban J connectivity index is 1.89. The predicted octanol–water partition coefficient (Wildman–Crippen LogP) is 4.64. The van der Waals surface area contributed by atoms with Crippen LogP contribution in [0.4, 0.5) is 5.69 Å². The van der Waals surface area contributed by atoms with Crippen LogP contribution in [0.1, 0.15) is 36.7 Å². The van der Waals surface area contributed by atoms with Crippen molar-refractivity contribution in [1.82, 2.24) is 9.78 Å². The summed E-state index contributed by atoms with van der Waals surface area (Å²) in [4.78, 5) is 12.4. The molecular weight excluding hydrogens is 310 g/mol. The van der Waals surface area contributed by atoms with Gasteiger partial charge >= 0.3 is 0 Å². The van der Waals surface area contributed by atoms with Crippen molar-refractivity contribution in [2.75, 3.05) is 5.32 Å². The molecule has 1 N–H and O–H groups in total. The molecule has 0 radical (unpaired) electrons. The predicted molar refractivity (Wildman–Crippen MR) is 102 cm³/mol. The molecule has 4 heteroatoms. The van der Waals surface area contributed by atoms with Crippen LogP contribution in [0.3, 0.4) is 0 Å². The zero-order valence-corrected chi connectivity index (χ0v) is 15.1. The molecule has 0 aliphatic heterocycles. The second-order valence-electron chi connectivity index (χ2n) is 7.23. The smallest absolute Gasteiger partial charge is 0.258 e. The Morgan fingerprint density at radius 2 is 1.72 bits per heavy atom. The van der Waals surface area contributed by atoms with Gasteiger partial charge in [-0.25, -0.2) is 0 Å². The standard InChI is InChI=1S/C21H23N3O/c1-21(2,3)17-11-9-15(10-12-17)18-7-5-6-8-19(18)23-20(25)16-13-22-24(4)14-16/h5-14H,1-4H3,(H,23,25). The number of anilines is 1. The number of amides is 1. The third-order valence-electron chi connectivity index (χ3n) is 4.20. The molecule has 0 atom stereocenters. The molecule has 0 aliphatic rings. The molecule has 0 fully saturated rings. The zero-order chi connectivity index (χ0) is 18.0. The van der Waals surface area contributed by atoms with Crippen molar-refractivity contribution in [3.8, 4) is 11.1 Å². The number of aromatic nitrogens is 2. The van der Waals surface area contributed by atoms with Crippen molar-refractivity contribution in [3.05, 3.63) is 72.1 Å². The van der Waals surface area contributed by atoms with Crippen molar-refractivity contribution in [3.63, 3.8) is 0 Å². The minimum atomic E-state index is -0.160. The molecule has 4 nitrogen and oxygen atoms in total. The van der Waals surface area contributed by atoms with E-state index in [0.29, 0.717) is 5.56 Å². The molecule has 0 saturated heterocycles. The molecule has 3 aromatic rings. The van der Waals surface area contributed by atoms with E-state index in [4.69, 9.17) is 0 Å². The van der Waals surface area contributed by atoms with E-state index < -0.39 is 0 Å². The summed E-state index contributed by atoms with van der Waals surface area (Å²) in [6.45, 7) is 6.60. The second kappa shape index (κ2) is 6.55. The summed E-state index contributed by atoms with van der Waals surface area (Å²) in [5.74, 6) is -0.160. The summed E-state index contributed by atoms with van der Waals surface area (Å²) in [6, 6.07) is 16.3. The van der Waals surface area contributed by atoms with Crippen LogP contribution in [0.5, 0.6) is 0 Å². The summed E-state index contributed by atoms with van der Waals surface area (Å²) in [5, 5.41) is 7.04. The largest absolute Gasteiger partial charge is 0.321 e. The molecule has 25 heavy (non-hydrogen) atoms. The number of para-hydroxylation sites is 1. The fourth-order valence-electron chi connectivity index (χ4n) is 2.73. The summed E-state index contributed by atoms with van der Waals surface area (Å²) >= 11 is 0. The van der Waals surface area contributed by atoms with Crippen molar-refractivity contribution in [1.29, 1.82) is 0 Å². The van der Waals surface area contributed by atoms with Crippen LogP contribution in [-0.2, 0) is 12.5 Å².